The summed E-state index contributed by atoms with van der Waals surface area (Å²) in [5.74, 6) is 0.320. The number of carbonyl (C=O) groups excluding carboxylic acids is 1. The molecule has 1 aromatic carbocycles. The summed E-state index contributed by atoms with van der Waals surface area (Å²) >= 11 is 0. The van der Waals surface area contributed by atoms with Crippen LogP contribution in [0.3, 0.4) is 0 Å². The van der Waals surface area contributed by atoms with Gasteiger partial charge in [-0.2, -0.15) is 0 Å². The van der Waals surface area contributed by atoms with Gasteiger partial charge in [-0.1, -0.05) is 30.3 Å². The highest BCUT2D eigenvalue weighted by Gasteiger charge is 2.43. The van der Waals surface area contributed by atoms with E-state index in [1.54, 1.807) is 6.20 Å². The first kappa shape index (κ1) is 19.1. The Morgan fingerprint density at radius 3 is 2.39 bits per heavy atom. The molecule has 2 aliphatic rings. The van der Waals surface area contributed by atoms with E-state index in [0.29, 0.717) is 19.1 Å². The fourth-order valence-corrected chi connectivity index (χ4v) is 4.31. The fraction of sp³-hybridized carbons (Fsp3) is 0.478. The zero-order valence-corrected chi connectivity index (χ0v) is 16.6. The van der Waals surface area contributed by atoms with Crippen molar-refractivity contribution < 1.29 is 9.53 Å². The number of aromatic nitrogens is 1. The minimum atomic E-state index is -0.329. The summed E-state index contributed by atoms with van der Waals surface area (Å²) < 4.78 is 5.61. The van der Waals surface area contributed by atoms with Gasteiger partial charge in [0.25, 0.3) is 0 Å². The minimum absolute atomic E-state index is 0.320. The maximum atomic E-state index is 13.5. The SMILES string of the molecule is CN1CCN(C(=O)C2(Cc3ccc(-c4cccnc4)cc3)CCOCC2)CC1. The number of benzene rings is 1. The molecule has 1 amide bonds. The lowest BCUT2D eigenvalue weighted by Crippen LogP contribution is -2.54. The van der Waals surface area contributed by atoms with E-state index in [2.05, 4.69) is 52.2 Å². The van der Waals surface area contributed by atoms with Gasteiger partial charge in [0.05, 0.1) is 5.41 Å². The van der Waals surface area contributed by atoms with Crippen molar-refractivity contribution in [1.29, 1.82) is 0 Å². The highest BCUT2D eigenvalue weighted by Crippen LogP contribution is 2.37. The highest BCUT2D eigenvalue weighted by molar-refractivity contribution is 5.83. The summed E-state index contributed by atoms with van der Waals surface area (Å²) in [5.41, 5.74) is 3.16. The first-order chi connectivity index (χ1) is 13.7. The van der Waals surface area contributed by atoms with Gasteiger partial charge in [0.15, 0.2) is 0 Å². The lowest BCUT2D eigenvalue weighted by atomic mass is 9.73. The molecule has 5 nitrogen and oxygen atoms in total. The van der Waals surface area contributed by atoms with E-state index < -0.39 is 0 Å². The number of rotatable bonds is 4. The number of piperazine rings is 1. The molecule has 2 saturated heterocycles. The predicted molar refractivity (Wildman–Crippen MR) is 110 cm³/mol. The first-order valence-corrected chi connectivity index (χ1v) is 10.2. The van der Waals surface area contributed by atoms with E-state index in [1.807, 2.05) is 12.3 Å². The molecule has 0 spiro atoms. The van der Waals surface area contributed by atoms with Gasteiger partial charge in [-0.25, -0.2) is 0 Å². The molecule has 148 valence electrons. The molecule has 0 unspecified atom stereocenters. The van der Waals surface area contributed by atoms with E-state index in [9.17, 15) is 4.79 Å². The lowest BCUT2D eigenvalue weighted by molar-refractivity contribution is -0.149. The molecule has 2 aliphatic heterocycles. The molecule has 0 saturated carbocycles. The molecule has 0 aliphatic carbocycles. The molecule has 5 heteroatoms. The molecule has 1 aromatic heterocycles. The topological polar surface area (TPSA) is 45.7 Å². The quantitative estimate of drug-likeness (QED) is 0.820. The molecule has 0 radical (unpaired) electrons. The Labute approximate surface area is 167 Å². The Morgan fingerprint density at radius 2 is 1.75 bits per heavy atom. The van der Waals surface area contributed by atoms with Gasteiger partial charge in [-0.15, -0.1) is 0 Å². The van der Waals surface area contributed by atoms with Gasteiger partial charge in [-0.3, -0.25) is 9.78 Å². The van der Waals surface area contributed by atoms with Crippen LogP contribution in [0.1, 0.15) is 18.4 Å². The van der Waals surface area contributed by atoms with Crippen molar-refractivity contribution >= 4 is 5.91 Å². The van der Waals surface area contributed by atoms with Crippen molar-refractivity contribution in [2.24, 2.45) is 5.41 Å². The number of nitrogens with zero attached hydrogens (tertiary/aromatic N) is 3. The summed E-state index contributed by atoms with van der Waals surface area (Å²) in [6.45, 7) is 4.92. The second-order valence-electron chi connectivity index (χ2n) is 8.10. The van der Waals surface area contributed by atoms with Crippen LogP contribution in [0.4, 0.5) is 0 Å². The minimum Gasteiger partial charge on any atom is -0.381 e. The molecule has 0 bridgehead atoms. The third-order valence-electron chi connectivity index (χ3n) is 6.19. The molecule has 2 aromatic rings. The molecule has 0 atom stereocenters. The van der Waals surface area contributed by atoms with Crippen LogP contribution in [0.2, 0.25) is 0 Å². The van der Waals surface area contributed by atoms with E-state index in [-0.39, 0.29) is 5.41 Å². The van der Waals surface area contributed by atoms with Gasteiger partial charge in [0.1, 0.15) is 0 Å². The van der Waals surface area contributed by atoms with Crippen molar-refractivity contribution in [3.8, 4) is 11.1 Å². The maximum Gasteiger partial charge on any atom is 0.229 e. The zero-order chi connectivity index (χ0) is 19.4. The molecule has 0 N–H and O–H groups in total. The third kappa shape index (κ3) is 4.10. The molecule has 3 heterocycles. The van der Waals surface area contributed by atoms with Crippen LogP contribution in [-0.2, 0) is 16.0 Å². The van der Waals surface area contributed by atoms with Gasteiger partial charge in [0.2, 0.25) is 5.91 Å². The monoisotopic (exact) mass is 379 g/mol. The zero-order valence-electron chi connectivity index (χ0n) is 16.6. The van der Waals surface area contributed by atoms with Crippen LogP contribution in [0.5, 0.6) is 0 Å². The fourth-order valence-electron chi connectivity index (χ4n) is 4.31. The lowest BCUT2D eigenvalue weighted by Gasteiger charge is -2.42. The van der Waals surface area contributed by atoms with Gasteiger partial charge >= 0.3 is 0 Å². The molecule has 28 heavy (non-hydrogen) atoms. The smallest absolute Gasteiger partial charge is 0.229 e. The largest absolute Gasteiger partial charge is 0.381 e. The van der Waals surface area contributed by atoms with Crippen molar-refractivity contribution in [2.45, 2.75) is 19.3 Å². The summed E-state index contributed by atoms with van der Waals surface area (Å²) in [5, 5.41) is 0. The van der Waals surface area contributed by atoms with Crippen LogP contribution >= 0.6 is 0 Å². The Bertz CT molecular complexity index is 777. The van der Waals surface area contributed by atoms with Crippen LogP contribution < -0.4 is 0 Å². The summed E-state index contributed by atoms with van der Waals surface area (Å²) in [4.78, 5) is 22.1. The van der Waals surface area contributed by atoms with Crippen LogP contribution in [0.15, 0.2) is 48.8 Å². The first-order valence-electron chi connectivity index (χ1n) is 10.2. The van der Waals surface area contributed by atoms with Crippen LogP contribution in [0.25, 0.3) is 11.1 Å². The van der Waals surface area contributed by atoms with Gasteiger partial charge in [-0.05, 0) is 49.1 Å². The molecule has 4 rings (SSSR count). The maximum absolute atomic E-state index is 13.5. The predicted octanol–water partition coefficient (Wildman–Crippen LogP) is 2.86. The second kappa shape index (κ2) is 8.41. The molecular formula is C23H29N3O2. The third-order valence-corrected chi connectivity index (χ3v) is 6.19. The van der Waals surface area contributed by atoms with Crippen molar-refractivity contribution in [2.75, 3.05) is 46.4 Å². The standard InChI is InChI=1S/C23H29N3O2/c1-25-11-13-26(14-12-25)22(27)23(8-15-28-16-9-23)17-19-4-6-20(7-5-19)21-3-2-10-24-18-21/h2-7,10,18H,8-9,11-17H2,1H3. The number of amides is 1. The van der Waals surface area contributed by atoms with E-state index in [4.69, 9.17) is 4.74 Å². The number of carbonyl (C=O) groups is 1. The number of hydrogen-bond acceptors (Lipinski definition) is 4. The second-order valence-corrected chi connectivity index (χ2v) is 8.10. The molecular weight excluding hydrogens is 350 g/mol. The van der Waals surface area contributed by atoms with Gasteiger partial charge in [0, 0.05) is 51.8 Å². The average molecular weight is 380 g/mol. The number of ether oxygens (including phenoxy) is 1. The van der Waals surface area contributed by atoms with Crippen LogP contribution in [0, 0.1) is 5.41 Å². The van der Waals surface area contributed by atoms with E-state index in [1.165, 1.54) is 5.56 Å². The van der Waals surface area contributed by atoms with E-state index >= 15 is 0 Å². The van der Waals surface area contributed by atoms with Crippen LogP contribution in [-0.4, -0.2) is 67.1 Å². The van der Waals surface area contributed by atoms with Crippen molar-refractivity contribution in [1.82, 2.24) is 14.8 Å². The number of likely N-dealkylation sites (N-methyl/N-ethyl adjacent to an activating group) is 1. The Morgan fingerprint density at radius 1 is 1.04 bits per heavy atom. The Hall–Kier alpha value is -2.24. The van der Waals surface area contributed by atoms with Crippen molar-refractivity contribution in [3.63, 3.8) is 0 Å². The number of pyridine rings is 1. The number of hydrogen-bond donors (Lipinski definition) is 0. The van der Waals surface area contributed by atoms with Crippen molar-refractivity contribution in [3.05, 3.63) is 54.4 Å². The normalized spacial score (nSPS) is 20.1. The average Bonchev–Trinajstić information content (AvgIpc) is 2.76. The Kier molecular flexibility index (Phi) is 5.74. The molecule has 2 fully saturated rings. The highest BCUT2D eigenvalue weighted by atomic mass is 16.5. The summed E-state index contributed by atoms with van der Waals surface area (Å²) in [6, 6.07) is 12.6. The van der Waals surface area contributed by atoms with Gasteiger partial charge < -0.3 is 14.5 Å². The van der Waals surface area contributed by atoms with E-state index in [0.717, 1.165) is 56.6 Å². The Balaban J connectivity index is 1.52. The summed E-state index contributed by atoms with van der Waals surface area (Å²) in [7, 11) is 2.12. The summed E-state index contributed by atoms with van der Waals surface area (Å²) in [6.07, 6.45) is 6.07.